The molecule has 2 aliphatic heterocycles. The molecule has 0 spiro atoms. The van der Waals surface area contributed by atoms with Gasteiger partial charge in [0, 0.05) is 42.9 Å². The van der Waals surface area contributed by atoms with Gasteiger partial charge in [0.1, 0.15) is 29.5 Å². The molecular formula is C32H33FN4O5. The minimum Gasteiger partial charge on any atom is -0.494 e. The van der Waals surface area contributed by atoms with E-state index in [2.05, 4.69) is 15.5 Å². The Morgan fingerprint density at radius 3 is 2.67 bits per heavy atom. The first-order valence-electron chi connectivity index (χ1n) is 14.4. The minimum absolute atomic E-state index is 0.0972. The lowest BCUT2D eigenvalue weighted by molar-refractivity contribution is -0.0591. The summed E-state index contributed by atoms with van der Waals surface area (Å²) in [5.41, 5.74) is 4.13. The number of benzene rings is 2. The number of halogens is 1. The van der Waals surface area contributed by atoms with Crippen LogP contribution in [-0.2, 0) is 24.4 Å². The summed E-state index contributed by atoms with van der Waals surface area (Å²) in [5, 5.41) is 9.66. The third kappa shape index (κ3) is 4.98. The molecule has 0 bridgehead atoms. The van der Waals surface area contributed by atoms with Gasteiger partial charge in [-0.05, 0) is 55.5 Å². The standard InChI is InChI=1S/C32H33FN4O5/c1-18-6-7-24(33)20(10-18)17-42-29-5-3-4-25(34-29)30-22-14-36(15-23(22)30)16-28-35-31-26(37(28)13-21-8-9-41-21)11-19(32(38)39)12-27(31)40-2/h3-7,10-12,21-23,30H,8-9,13-17H2,1-2H3,(H,38,39)/t21-,22-,23+,30+/m0/s1. The molecule has 2 aromatic carbocycles. The second-order valence-corrected chi connectivity index (χ2v) is 11.6. The zero-order valence-electron chi connectivity index (χ0n) is 23.6. The molecule has 42 heavy (non-hydrogen) atoms. The van der Waals surface area contributed by atoms with Gasteiger partial charge in [0.2, 0.25) is 5.88 Å². The lowest BCUT2D eigenvalue weighted by Gasteiger charge is -2.28. The van der Waals surface area contributed by atoms with Crippen LogP contribution in [0.25, 0.3) is 11.0 Å². The van der Waals surface area contributed by atoms with E-state index in [0.29, 0.717) is 53.6 Å². The van der Waals surface area contributed by atoms with E-state index in [4.69, 9.17) is 24.2 Å². The van der Waals surface area contributed by atoms with Crippen molar-refractivity contribution < 1.29 is 28.5 Å². The van der Waals surface area contributed by atoms with Crippen molar-refractivity contribution in [3.8, 4) is 11.6 Å². The Morgan fingerprint density at radius 1 is 1.14 bits per heavy atom. The Labute approximate surface area is 242 Å². The van der Waals surface area contributed by atoms with Crippen molar-refractivity contribution in [1.29, 1.82) is 0 Å². The molecule has 7 rings (SSSR count). The summed E-state index contributed by atoms with van der Waals surface area (Å²) in [6.45, 7) is 5.96. The van der Waals surface area contributed by atoms with Crippen molar-refractivity contribution in [2.75, 3.05) is 26.8 Å². The fourth-order valence-corrected chi connectivity index (χ4v) is 6.52. The maximum Gasteiger partial charge on any atom is 0.335 e. The van der Waals surface area contributed by atoms with Crippen LogP contribution in [0.4, 0.5) is 4.39 Å². The number of imidazole rings is 1. The van der Waals surface area contributed by atoms with Crippen LogP contribution in [0.3, 0.4) is 0 Å². The highest BCUT2D eigenvalue weighted by atomic mass is 19.1. The maximum atomic E-state index is 14.1. The van der Waals surface area contributed by atoms with Gasteiger partial charge in [-0.3, -0.25) is 4.90 Å². The monoisotopic (exact) mass is 572 g/mol. The predicted octanol–water partition coefficient (Wildman–Crippen LogP) is 4.80. The maximum absolute atomic E-state index is 14.1. The van der Waals surface area contributed by atoms with Crippen molar-refractivity contribution in [3.63, 3.8) is 0 Å². The van der Waals surface area contributed by atoms with Gasteiger partial charge in [-0.1, -0.05) is 17.7 Å². The molecule has 2 saturated heterocycles. The van der Waals surface area contributed by atoms with Crippen molar-refractivity contribution in [2.24, 2.45) is 11.8 Å². The number of rotatable bonds is 10. The molecule has 1 saturated carbocycles. The van der Waals surface area contributed by atoms with Crippen LogP contribution in [-0.4, -0.2) is 63.4 Å². The largest absolute Gasteiger partial charge is 0.494 e. The van der Waals surface area contributed by atoms with Gasteiger partial charge in [-0.25, -0.2) is 19.2 Å². The van der Waals surface area contributed by atoms with E-state index >= 15 is 0 Å². The predicted molar refractivity (Wildman–Crippen MR) is 152 cm³/mol. The van der Waals surface area contributed by atoms with E-state index in [0.717, 1.165) is 48.7 Å². The molecule has 0 amide bonds. The molecule has 1 N–H and O–H groups in total. The number of fused-ring (bicyclic) bond motifs is 2. The van der Waals surface area contributed by atoms with Crippen LogP contribution >= 0.6 is 0 Å². The number of ether oxygens (including phenoxy) is 3. The van der Waals surface area contributed by atoms with E-state index in [1.54, 1.807) is 18.2 Å². The number of carboxylic acid groups (broad SMARTS) is 1. The molecule has 2 aromatic heterocycles. The van der Waals surface area contributed by atoms with Gasteiger partial charge < -0.3 is 23.9 Å². The fraction of sp³-hybridized carbons (Fsp3) is 0.406. The number of pyridine rings is 1. The average Bonchev–Trinajstić information content (AvgIpc) is 3.27. The molecule has 3 fully saturated rings. The molecule has 4 heterocycles. The Hall–Kier alpha value is -4.02. The molecule has 3 aliphatic rings. The SMILES string of the molecule is COc1cc(C(=O)O)cc2c1nc(CN1C[C@@H]3[C@H](C1)[C@H]3c1cccc(OCc3cc(C)ccc3F)n1)n2C[C@@H]1CCO1. The lowest BCUT2D eigenvalue weighted by atomic mass is 10.1. The summed E-state index contributed by atoms with van der Waals surface area (Å²) in [6, 6.07) is 14.1. The second-order valence-electron chi connectivity index (χ2n) is 11.6. The average molecular weight is 573 g/mol. The Bertz CT molecular complexity index is 1660. The number of hydrogen-bond donors (Lipinski definition) is 1. The number of carboxylic acids is 1. The number of likely N-dealkylation sites (tertiary alicyclic amines) is 1. The molecule has 1 aliphatic carbocycles. The van der Waals surface area contributed by atoms with Crippen molar-refractivity contribution in [3.05, 3.63) is 82.6 Å². The molecule has 0 radical (unpaired) electrons. The number of piperidine rings is 1. The van der Waals surface area contributed by atoms with Crippen LogP contribution in [0.5, 0.6) is 11.6 Å². The number of methoxy groups -OCH3 is 1. The first kappa shape index (κ1) is 26.9. The smallest absolute Gasteiger partial charge is 0.335 e. The van der Waals surface area contributed by atoms with Crippen LogP contribution in [0.2, 0.25) is 0 Å². The highest BCUT2D eigenvalue weighted by Gasteiger charge is 2.57. The fourth-order valence-electron chi connectivity index (χ4n) is 6.52. The summed E-state index contributed by atoms with van der Waals surface area (Å²) in [4.78, 5) is 23.9. The number of aryl methyl sites for hydroxylation is 1. The van der Waals surface area contributed by atoms with Crippen LogP contribution in [0.1, 0.15) is 45.3 Å². The van der Waals surface area contributed by atoms with Crippen molar-refractivity contribution in [1.82, 2.24) is 19.4 Å². The number of aromatic nitrogens is 3. The summed E-state index contributed by atoms with van der Waals surface area (Å²) in [7, 11) is 1.54. The summed E-state index contributed by atoms with van der Waals surface area (Å²) in [6.07, 6.45) is 1.07. The summed E-state index contributed by atoms with van der Waals surface area (Å²) in [5.74, 6) is 1.96. The third-order valence-electron chi connectivity index (χ3n) is 8.84. The molecule has 4 aromatic rings. The molecular weight excluding hydrogens is 539 g/mol. The van der Waals surface area contributed by atoms with Crippen LogP contribution < -0.4 is 9.47 Å². The molecule has 9 nitrogen and oxygen atoms in total. The van der Waals surface area contributed by atoms with Crippen molar-refractivity contribution in [2.45, 2.75) is 45.1 Å². The molecule has 4 atom stereocenters. The Balaban J connectivity index is 1.05. The van der Waals surface area contributed by atoms with Gasteiger partial charge in [0.05, 0.1) is 37.4 Å². The Kier molecular flexibility index (Phi) is 6.82. The van der Waals surface area contributed by atoms with Gasteiger partial charge in [-0.15, -0.1) is 0 Å². The normalized spacial score (nSPS) is 23.0. The van der Waals surface area contributed by atoms with Gasteiger partial charge in [-0.2, -0.15) is 0 Å². The van der Waals surface area contributed by atoms with E-state index in [1.165, 1.54) is 19.2 Å². The zero-order valence-corrected chi connectivity index (χ0v) is 23.6. The lowest BCUT2D eigenvalue weighted by Crippen LogP contribution is -2.33. The van der Waals surface area contributed by atoms with Crippen LogP contribution in [0, 0.1) is 24.6 Å². The van der Waals surface area contributed by atoms with Crippen molar-refractivity contribution >= 4 is 17.0 Å². The molecule has 0 unspecified atom stereocenters. The first-order chi connectivity index (χ1) is 20.4. The quantitative estimate of drug-likeness (QED) is 0.290. The highest BCUT2D eigenvalue weighted by molar-refractivity contribution is 5.95. The topological polar surface area (TPSA) is 98.9 Å². The van der Waals surface area contributed by atoms with Gasteiger partial charge in [0.15, 0.2) is 0 Å². The number of carbonyl (C=O) groups is 1. The van der Waals surface area contributed by atoms with E-state index < -0.39 is 5.97 Å². The summed E-state index contributed by atoms with van der Waals surface area (Å²) >= 11 is 0. The zero-order chi connectivity index (χ0) is 29.0. The Morgan fingerprint density at radius 2 is 1.95 bits per heavy atom. The number of aromatic carboxylic acids is 1. The van der Waals surface area contributed by atoms with E-state index in [1.807, 2.05) is 19.1 Å². The van der Waals surface area contributed by atoms with Gasteiger partial charge in [0.25, 0.3) is 0 Å². The minimum atomic E-state index is -1.000. The first-order valence-corrected chi connectivity index (χ1v) is 14.4. The number of nitrogens with zero attached hydrogens (tertiary/aromatic N) is 4. The molecule has 218 valence electrons. The van der Waals surface area contributed by atoms with Gasteiger partial charge >= 0.3 is 5.97 Å². The summed E-state index contributed by atoms with van der Waals surface area (Å²) < 4.78 is 33.4. The van der Waals surface area contributed by atoms with E-state index in [9.17, 15) is 14.3 Å². The second kappa shape index (κ2) is 10.7. The third-order valence-corrected chi connectivity index (χ3v) is 8.84. The van der Waals surface area contributed by atoms with E-state index in [-0.39, 0.29) is 24.1 Å². The van der Waals surface area contributed by atoms with Crippen LogP contribution in [0.15, 0.2) is 48.5 Å². The highest BCUT2D eigenvalue weighted by Crippen LogP contribution is 2.58. The molecule has 10 heteroatoms. The number of hydrogen-bond acceptors (Lipinski definition) is 7.